The predicted octanol–water partition coefficient (Wildman–Crippen LogP) is 2.23. The van der Waals surface area contributed by atoms with Gasteiger partial charge in [0.15, 0.2) is 0 Å². The first-order valence-electron chi connectivity index (χ1n) is 5.87. The van der Waals surface area contributed by atoms with Crippen molar-refractivity contribution in [2.45, 2.75) is 6.61 Å². The second-order valence-electron chi connectivity index (χ2n) is 4.10. The number of oxime groups is 1. The fraction of sp³-hybridized carbons (Fsp3) is 0.143. The van der Waals surface area contributed by atoms with Crippen LogP contribution in [0.15, 0.2) is 47.8 Å². The summed E-state index contributed by atoms with van der Waals surface area (Å²) < 4.78 is 11.0. The molecule has 2 heterocycles. The average Bonchev–Trinajstić information content (AvgIpc) is 2.88. The van der Waals surface area contributed by atoms with Crippen molar-refractivity contribution in [1.29, 1.82) is 0 Å². The molecule has 0 saturated heterocycles. The van der Waals surface area contributed by atoms with Crippen molar-refractivity contribution in [2.24, 2.45) is 5.16 Å². The Morgan fingerprint density at radius 3 is 3.05 bits per heavy atom. The van der Waals surface area contributed by atoms with E-state index in [2.05, 4.69) is 10.1 Å². The third kappa shape index (κ3) is 2.35. The zero-order chi connectivity index (χ0) is 13.1. The summed E-state index contributed by atoms with van der Waals surface area (Å²) in [5, 5.41) is 12.0. The molecule has 0 fully saturated rings. The van der Waals surface area contributed by atoms with Gasteiger partial charge in [-0.1, -0.05) is 11.2 Å². The van der Waals surface area contributed by atoms with E-state index >= 15 is 0 Å². The van der Waals surface area contributed by atoms with Gasteiger partial charge in [0.05, 0.1) is 5.69 Å². The second kappa shape index (κ2) is 4.97. The van der Waals surface area contributed by atoms with E-state index in [-0.39, 0.29) is 6.61 Å². The van der Waals surface area contributed by atoms with E-state index in [1.165, 1.54) is 0 Å². The first kappa shape index (κ1) is 11.5. The lowest BCUT2D eigenvalue weighted by Crippen LogP contribution is -2.01. The van der Waals surface area contributed by atoms with Crippen LogP contribution < -0.4 is 9.47 Å². The molecule has 0 bridgehead atoms. The highest BCUT2D eigenvalue weighted by molar-refractivity contribution is 6.05. The number of hydrogen-bond donors (Lipinski definition) is 1. The van der Waals surface area contributed by atoms with Gasteiger partial charge in [0, 0.05) is 17.8 Å². The molecule has 0 unspecified atom stereocenters. The average molecular weight is 256 g/mol. The topological polar surface area (TPSA) is 63.9 Å². The Labute approximate surface area is 110 Å². The molecule has 96 valence electrons. The minimum Gasteiger partial charge on any atom is -0.487 e. The summed E-state index contributed by atoms with van der Waals surface area (Å²) in [7, 11) is 0. The highest BCUT2D eigenvalue weighted by Crippen LogP contribution is 2.30. The zero-order valence-corrected chi connectivity index (χ0v) is 10.1. The maximum Gasteiger partial charge on any atom is 0.134 e. The molecule has 0 atom stereocenters. The van der Waals surface area contributed by atoms with Crippen molar-refractivity contribution < 1.29 is 14.7 Å². The number of hydrogen-bond acceptors (Lipinski definition) is 5. The number of rotatable bonds is 3. The van der Waals surface area contributed by atoms with E-state index in [1.54, 1.807) is 12.3 Å². The molecule has 3 rings (SSSR count). The largest absolute Gasteiger partial charge is 0.487 e. The van der Waals surface area contributed by atoms with Crippen LogP contribution in [-0.2, 0) is 6.61 Å². The van der Waals surface area contributed by atoms with E-state index in [1.807, 2.05) is 30.3 Å². The van der Waals surface area contributed by atoms with Crippen molar-refractivity contribution in [3.63, 3.8) is 0 Å². The lowest BCUT2D eigenvalue weighted by molar-refractivity contribution is 0.298. The number of fused-ring (bicyclic) bond motifs is 1. The van der Waals surface area contributed by atoms with E-state index in [0.29, 0.717) is 23.8 Å². The van der Waals surface area contributed by atoms with Crippen LogP contribution in [0.2, 0.25) is 0 Å². The van der Waals surface area contributed by atoms with Gasteiger partial charge >= 0.3 is 0 Å². The zero-order valence-electron chi connectivity index (χ0n) is 10.1. The van der Waals surface area contributed by atoms with Crippen LogP contribution in [0.5, 0.6) is 11.5 Å². The molecule has 1 aromatic heterocycles. The van der Waals surface area contributed by atoms with Gasteiger partial charge in [-0.05, 0) is 24.3 Å². The highest BCUT2D eigenvalue weighted by Gasteiger charge is 2.20. The van der Waals surface area contributed by atoms with Gasteiger partial charge in [-0.2, -0.15) is 0 Å². The summed E-state index contributed by atoms with van der Waals surface area (Å²) in [5.41, 5.74) is 2.19. The van der Waals surface area contributed by atoms with Gasteiger partial charge in [-0.3, -0.25) is 4.98 Å². The van der Waals surface area contributed by atoms with Crippen LogP contribution in [0.4, 0.5) is 0 Å². The fourth-order valence-electron chi connectivity index (χ4n) is 1.90. The summed E-state index contributed by atoms with van der Waals surface area (Å²) in [6, 6.07) is 11.1. The quantitative estimate of drug-likeness (QED) is 0.675. The third-order valence-electron chi connectivity index (χ3n) is 2.86. The minimum atomic E-state index is 0.287. The van der Waals surface area contributed by atoms with Crippen LogP contribution >= 0.6 is 0 Å². The molecule has 19 heavy (non-hydrogen) atoms. The summed E-state index contributed by atoms with van der Waals surface area (Å²) in [6.07, 6.45) is 1.73. The maximum atomic E-state index is 8.80. The molecule has 1 aromatic carbocycles. The highest BCUT2D eigenvalue weighted by atomic mass is 16.5. The summed E-state index contributed by atoms with van der Waals surface area (Å²) in [6.45, 7) is 0.691. The fourth-order valence-corrected chi connectivity index (χ4v) is 1.90. The molecule has 1 aliphatic heterocycles. The third-order valence-corrected chi connectivity index (χ3v) is 2.86. The number of nitrogens with zero attached hydrogens (tertiary/aromatic N) is 2. The normalized spacial score (nSPS) is 15.1. The Hall–Kier alpha value is -2.56. The van der Waals surface area contributed by atoms with Crippen LogP contribution in [0, 0.1) is 0 Å². The Morgan fingerprint density at radius 2 is 2.26 bits per heavy atom. The van der Waals surface area contributed by atoms with Crippen molar-refractivity contribution >= 4 is 5.71 Å². The summed E-state index contributed by atoms with van der Waals surface area (Å²) in [5.74, 6) is 1.37. The molecule has 5 heteroatoms. The van der Waals surface area contributed by atoms with Crippen LogP contribution in [0.25, 0.3) is 0 Å². The molecular formula is C14H12N2O3. The first-order valence-corrected chi connectivity index (χ1v) is 5.87. The van der Waals surface area contributed by atoms with Gasteiger partial charge in [0.1, 0.15) is 30.4 Å². The Kier molecular flexibility index (Phi) is 3.02. The number of aromatic nitrogens is 1. The molecule has 0 spiro atoms. The van der Waals surface area contributed by atoms with E-state index < -0.39 is 0 Å². The van der Waals surface area contributed by atoms with E-state index in [4.69, 9.17) is 14.7 Å². The molecule has 0 radical (unpaired) electrons. The van der Waals surface area contributed by atoms with E-state index in [0.717, 1.165) is 11.3 Å². The molecule has 1 N–H and O–H groups in total. The second-order valence-corrected chi connectivity index (χ2v) is 4.10. The van der Waals surface area contributed by atoms with Crippen LogP contribution in [0.1, 0.15) is 11.3 Å². The van der Waals surface area contributed by atoms with E-state index in [9.17, 15) is 0 Å². The van der Waals surface area contributed by atoms with Crippen molar-refractivity contribution in [2.75, 3.05) is 6.61 Å². The SMILES string of the molecule is ON=C1COc2cc(OCc3ccccn3)ccc21. The monoisotopic (exact) mass is 256 g/mol. The number of ether oxygens (including phenoxy) is 2. The molecule has 1 aliphatic rings. The first-order chi connectivity index (χ1) is 9.36. The molecule has 0 aliphatic carbocycles. The van der Waals surface area contributed by atoms with Gasteiger partial charge < -0.3 is 14.7 Å². The molecular weight excluding hydrogens is 244 g/mol. The maximum absolute atomic E-state index is 8.80. The lowest BCUT2D eigenvalue weighted by Gasteiger charge is -2.06. The molecule has 0 saturated carbocycles. The van der Waals surface area contributed by atoms with Gasteiger partial charge in [0.25, 0.3) is 0 Å². The Bertz CT molecular complexity index is 611. The van der Waals surface area contributed by atoms with Crippen LogP contribution in [-0.4, -0.2) is 22.5 Å². The smallest absolute Gasteiger partial charge is 0.134 e. The Morgan fingerprint density at radius 1 is 1.32 bits per heavy atom. The van der Waals surface area contributed by atoms with Crippen molar-refractivity contribution in [3.05, 3.63) is 53.9 Å². The lowest BCUT2D eigenvalue weighted by atomic mass is 10.1. The number of benzene rings is 1. The van der Waals surface area contributed by atoms with Crippen molar-refractivity contribution in [3.8, 4) is 11.5 Å². The molecule has 2 aromatic rings. The standard InChI is InChI=1S/C14H12N2O3/c17-16-13-9-19-14-7-11(4-5-12(13)14)18-8-10-3-1-2-6-15-10/h1-7,17H,8-9H2. The van der Waals surface area contributed by atoms with Gasteiger partial charge in [-0.15, -0.1) is 0 Å². The Balaban J connectivity index is 1.74. The van der Waals surface area contributed by atoms with Crippen molar-refractivity contribution in [1.82, 2.24) is 4.98 Å². The molecule has 0 amide bonds. The van der Waals surface area contributed by atoms with Gasteiger partial charge in [0.2, 0.25) is 0 Å². The summed E-state index contributed by atoms with van der Waals surface area (Å²) in [4.78, 5) is 4.18. The summed E-state index contributed by atoms with van der Waals surface area (Å²) >= 11 is 0. The van der Waals surface area contributed by atoms with Gasteiger partial charge in [-0.25, -0.2) is 0 Å². The molecule has 5 nitrogen and oxygen atoms in total. The van der Waals surface area contributed by atoms with Crippen LogP contribution in [0.3, 0.4) is 0 Å². The number of pyridine rings is 1. The predicted molar refractivity (Wildman–Crippen MR) is 68.8 cm³/mol. The minimum absolute atomic E-state index is 0.287.